The second-order valence-electron chi connectivity index (χ2n) is 9.34. The van der Waals surface area contributed by atoms with Crippen molar-refractivity contribution in [3.63, 3.8) is 0 Å². The summed E-state index contributed by atoms with van der Waals surface area (Å²) in [5.74, 6) is 0.413. The van der Waals surface area contributed by atoms with Crippen LogP contribution in [0.15, 0.2) is 42.7 Å². The van der Waals surface area contributed by atoms with E-state index in [-0.39, 0.29) is 10.9 Å². The van der Waals surface area contributed by atoms with Gasteiger partial charge in [-0.15, -0.1) is 0 Å². The van der Waals surface area contributed by atoms with Gasteiger partial charge in [0.05, 0.1) is 12.3 Å². The lowest BCUT2D eigenvalue weighted by Crippen LogP contribution is -2.40. The van der Waals surface area contributed by atoms with E-state index in [0.717, 1.165) is 25.9 Å². The molecule has 0 unspecified atom stereocenters. The summed E-state index contributed by atoms with van der Waals surface area (Å²) in [6.45, 7) is 13.1. The van der Waals surface area contributed by atoms with Crippen molar-refractivity contribution in [2.45, 2.75) is 64.3 Å². The molecule has 0 amide bonds. The number of rotatable bonds is 5. The average Bonchev–Trinajstić information content (AvgIpc) is 2.67. The van der Waals surface area contributed by atoms with Crippen LogP contribution in [-0.2, 0) is 11.0 Å². The number of pyridine rings is 1. The molecule has 1 aromatic carbocycles. The number of anilines is 1. The van der Waals surface area contributed by atoms with Gasteiger partial charge >= 0.3 is 0 Å². The first-order chi connectivity index (χ1) is 13.2. The molecule has 28 heavy (non-hydrogen) atoms. The maximum atomic E-state index is 15.2. The van der Waals surface area contributed by atoms with E-state index in [1.807, 2.05) is 30.6 Å². The first-order valence-corrected chi connectivity index (χ1v) is 13.2. The first-order valence-electron chi connectivity index (χ1n) is 10.3. The quantitative estimate of drug-likeness (QED) is 0.565. The SMILES string of the molecule is CC(C)(C)[Si](C)(C)OCc1cccc(N2CCC(c3ccncc3)CC2)c1F. The molecule has 0 atom stereocenters. The van der Waals surface area contributed by atoms with Crippen LogP contribution in [0.5, 0.6) is 0 Å². The fraction of sp³-hybridized carbons (Fsp3) is 0.522. The van der Waals surface area contributed by atoms with E-state index in [1.54, 1.807) is 0 Å². The van der Waals surface area contributed by atoms with E-state index in [2.05, 4.69) is 55.9 Å². The van der Waals surface area contributed by atoms with Crippen LogP contribution in [0, 0.1) is 5.82 Å². The Morgan fingerprint density at radius 1 is 1.11 bits per heavy atom. The molecule has 1 aliphatic rings. The first kappa shape index (κ1) is 21.0. The second kappa shape index (κ2) is 8.33. The molecule has 1 fully saturated rings. The van der Waals surface area contributed by atoms with Gasteiger partial charge in [0.25, 0.3) is 0 Å². The lowest BCUT2D eigenvalue weighted by atomic mass is 9.90. The molecule has 0 radical (unpaired) electrons. The summed E-state index contributed by atoms with van der Waals surface area (Å²) in [5, 5.41) is 0.121. The summed E-state index contributed by atoms with van der Waals surface area (Å²) in [5.41, 5.74) is 2.72. The fourth-order valence-corrected chi connectivity index (χ4v) is 4.44. The molecule has 1 saturated heterocycles. The molecule has 3 rings (SSSR count). The Bertz CT molecular complexity index is 781. The monoisotopic (exact) mass is 400 g/mol. The van der Waals surface area contributed by atoms with E-state index >= 15 is 4.39 Å². The van der Waals surface area contributed by atoms with Crippen molar-refractivity contribution < 1.29 is 8.82 Å². The van der Waals surface area contributed by atoms with E-state index in [9.17, 15) is 0 Å². The molecule has 1 aliphatic heterocycles. The topological polar surface area (TPSA) is 25.4 Å². The molecule has 0 saturated carbocycles. The predicted octanol–water partition coefficient (Wildman–Crippen LogP) is 6.13. The summed E-state index contributed by atoms with van der Waals surface area (Å²) in [7, 11) is -1.90. The summed E-state index contributed by atoms with van der Waals surface area (Å²) >= 11 is 0. The fourth-order valence-electron chi connectivity index (χ4n) is 3.49. The standard InChI is InChI=1S/C23H33FN2OSi/c1-23(2,3)28(4,5)27-17-20-7-6-8-21(22(20)24)26-15-11-19(12-16-26)18-9-13-25-14-10-18/h6-10,13-14,19H,11-12,15-17H2,1-5H3. The highest BCUT2D eigenvalue weighted by atomic mass is 28.4. The summed E-state index contributed by atoms with van der Waals surface area (Å²) in [6.07, 6.45) is 5.78. The van der Waals surface area contributed by atoms with E-state index in [1.165, 1.54) is 5.56 Å². The average molecular weight is 401 g/mol. The van der Waals surface area contributed by atoms with Crippen molar-refractivity contribution in [3.8, 4) is 0 Å². The maximum Gasteiger partial charge on any atom is 0.192 e. The minimum atomic E-state index is -1.90. The largest absolute Gasteiger partial charge is 0.412 e. The number of piperidine rings is 1. The van der Waals surface area contributed by atoms with Crippen LogP contribution in [-0.4, -0.2) is 26.4 Å². The van der Waals surface area contributed by atoms with Crippen molar-refractivity contribution in [1.82, 2.24) is 4.98 Å². The van der Waals surface area contributed by atoms with Crippen LogP contribution in [0.25, 0.3) is 0 Å². The normalized spacial score (nSPS) is 16.4. The highest BCUT2D eigenvalue weighted by Gasteiger charge is 2.37. The van der Waals surface area contributed by atoms with Crippen molar-refractivity contribution in [3.05, 3.63) is 59.7 Å². The Labute approximate surface area is 170 Å². The van der Waals surface area contributed by atoms with Gasteiger partial charge < -0.3 is 9.33 Å². The summed E-state index contributed by atoms with van der Waals surface area (Å²) < 4.78 is 21.5. The predicted molar refractivity (Wildman–Crippen MR) is 117 cm³/mol. The molecule has 0 spiro atoms. The molecular formula is C23H33FN2OSi. The third-order valence-corrected chi connectivity index (χ3v) is 10.9. The van der Waals surface area contributed by atoms with Crippen LogP contribution < -0.4 is 4.90 Å². The zero-order valence-electron chi connectivity index (χ0n) is 17.8. The Hall–Kier alpha value is -1.72. The van der Waals surface area contributed by atoms with E-state index in [4.69, 9.17) is 4.43 Å². The van der Waals surface area contributed by atoms with E-state index in [0.29, 0.717) is 23.8 Å². The number of nitrogens with zero attached hydrogens (tertiary/aromatic N) is 2. The van der Waals surface area contributed by atoms with Crippen molar-refractivity contribution >= 4 is 14.0 Å². The molecule has 1 aromatic heterocycles. The van der Waals surface area contributed by atoms with Crippen molar-refractivity contribution in [1.29, 1.82) is 0 Å². The molecule has 0 bridgehead atoms. The van der Waals surface area contributed by atoms with Crippen molar-refractivity contribution in [2.75, 3.05) is 18.0 Å². The van der Waals surface area contributed by atoms with Gasteiger partial charge in [-0.2, -0.15) is 0 Å². The van der Waals surface area contributed by atoms with Crippen molar-refractivity contribution in [2.24, 2.45) is 0 Å². The Morgan fingerprint density at radius 2 is 1.75 bits per heavy atom. The molecule has 5 heteroatoms. The zero-order chi connectivity index (χ0) is 20.4. The van der Waals surface area contributed by atoms with Gasteiger partial charge in [-0.1, -0.05) is 32.9 Å². The molecule has 152 valence electrons. The van der Waals surface area contributed by atoms with Crippen LogP contribution >= 0.6 is 0 Å². The minimum absolute atomic E-state index is 0.121. The molecule has 2 heterocycles. The molecule has 2 aromatic rings. The lowest BCUT2D eigenvalue weighted by molar-refractivity contribution is 0.271. The van der Waals surface area contributed by atoms with Gasteiger partial charge in [-0.05, 0) is 60.7 Å². The van der Waals surface area contributed by atoms with E-state index < -0.39 is 8.32 Å². The summed E-state index contributed by atoms with van der Waals surface area (Å²) in [6, 6.07) is 9.91. The highest BCUT2D eigenvalue weighted by Crippen LogP contribution is 2.38. The van der Waals surface area contributed by atoms with Crippen LogP contribution in [0.3, 0.4) is 0 Å². The summed E-state index contributed by atoms with van der Waals surface area (Å²) in [4.78, 5) is 6.29. The number of aromatic nitrogens is 1. The third kappa shape index (κ3) is 4.63. The zero-order valence-corrected chi connectivity index (χ0v) is 18.8. The second-order valence-corrected chi connectivity index (χ2v) is 14.2. The minimum Gasteiger partial charge on any atom is -0.412 e. The molecule has 0 aliphatic carbocycles. The smallest absolute Gasteiger partial charge is 0.192 e. The lowest BCUT2D eigenvalue weighted by Gasteiger charge is -2.36. The highest BCUT2D eigenvalue weighted by molar-refractivity contribution is 6.74. The molecule has 0 N–H and O–H groups in total. The molecule has 3 nitrogen and oxygen atoms in total. The number of hydrogen-bond donors (Lipinski definition) is 0. The van der Waals surface area contributed by atoms with Gasteiger partial charge in [-0.3, -0.25) is 4.98 Å². The Balaban J connectivity index is 1.67. The number of benzene rings is 1. The van der Waals surface area contributed by atoms with Gasteiger partial charge in [0.15, 0.2) is 14.1 Å². The van der Waals surface area contributed by atoms with Gasteiger partial charge in [-0.25, -0.2) is 4.39 Å². The van der Waals surface area contributed by atoms with Crippen LogP contribution in [0.4, 0.5) is 10.1 Å². The molecular weight excluding hydrogens is 367 g/mol. The Kier molecular flexibility index (Phi) is 6.25. The number of halogens is 1. The number of hydrogen-bond acceptors (Lipinski definition) is 3. The Morgan fingerprint density at radius 3 is 2.36 bits per heavy atom. The van der Waals surface area contributed by atoms with Gasteiger partial charge in [0.2, 0.25) is 0 Å². The van der Waals surface area contributed by atoms with Crippen LogP contribution in [0.1, 0.15) is 50.7 Å². The van der Waals surface area contributed by atoms with Gasteiger partial charge in [0, 0.05) is 31.0 Å². The van der Waals surface area contributed by atoms with Gasteiger partial charge in [0.1, 0.15) is 0 Å². The third-order valence-electron chi connectivity index (χ3n) is 6.47. The maximum absolute atomic E-state index is 15.2. The van der Waals surface area contributed by atoms with Crippen LogP contribution in [0.2, 0.25) is 18.1 Å².